The maximum atomic E-state index is 10.6. The number of rotatable bonds is 3. The van der Waals surface area contributed by atoms with E-state index in [0.717, 1.165) is 0 Å². The molecule has 3 nitrogen and oxygen atoms in total. The van der Waals surface area contributed by atoms with Crippen molar-refractivity contribution >= 4 is 12.2 Å². The Bertz CT molecular complexity index is 130. The molecule has 0 rings (SSSR count). The van der Waals surface area contributed by atoms with Gasteiger partial charge < -0.3 is 4.74 Å². The zero-order valence-electron chi connectivity index (χ0n) is 6.63. The zero-order valence-corrected chi connectivity index (χ0v) is 6.63. The molecular weight excluding hydrogens is 130 g/mol. The van der Waals surface area contributed by atoms with E-state index in [-0.39, 0.29) is 12.0 Å². The van der Waals surface area contributed by atoms with Crippen molar-refractivity contribution in [2.24, 2.45) is 4.99 Å². The molecule has 0 aliphatic carbocycles. The van der Waals surface area contributed by atoms with Crippen LogP contribution in [-0.4, -0.2) is 24.8 Å². The van der Waals surface area contributed by atoms with Crippen molar-refractivity contribution in [1.82, 2.24) is 0 Å². The average Bonchev–Trinajstić information content (AvgIpc) is 1.85. The van der Waals surface area contributed by atoms with Gasteiger partial charge in [0.15, 0.2) is 0 Å². The SMILES string of the molecule is CCOC(=O)/C=N/C(C)C. The predicted octanol–water partition coefficient (Wildman–Crippen LogP) is 1.03. The van der Waals surface area contributed by atoms with Crippen LogP contribution in [0.4, 0.5) is 0 Å². The third kappa shape index (κ3) is 5.28. The second kappa shape index (κ2) is 4.97. The van der Waals surface area contributed by atoms with Gasteiger partial charge in [-0.15, -0.1) is 0 Å². The molecule has 0 aromatic carbocycles. The minimum atomic E-state index is -0.365. The van der Waals surface area contributed by atoms with E-state index in [1.165, 1.54) is 6.21 Å². The molecule has 0 heterocycles. The fourth-order valence-electron chi connectivity index (χ4n) is 0.389. The molecule has 0 spiro atoms. The van der Waals surface area contributed by atoms with Crippen LogP contribution in [0.25, 0.3) is 0 Å². The molecule has 3 heteroatoms. The van der Waals surface area contributed by atoms with Crippen LogP contribution in [0.1, 0.15) is 20.8 Å². The summed E-state index contributed by atoms with van der Waals surface area (Å²) in [6, 6.07) is 0.157. The summed E-state index contributed by atoms with van der Waals surface area (Å²) >= 11 is 0. The van der Waals surface area contributed by atoms with Gasteiger partial charge in [-0.25, -0.2) is 4.79 Å². The van der Waals surface area contributed by atoms with E-state index in [0.29, 0.717) is 6.61 Å². The van der Waals surface area contributed by atoms with Crippen LogP contribution in [0.15, 0.2) is 4.99 Å². The fraction of sp³-hybridized carbons (Fsp3) is 0.714. The quantitative estimate of drug-likeness (QED) is 0.437. The lowest BCUT2D eigenvalue weighted by molar-refractivity contribution is -0.134. The Balaban J connectivity index is 3.56. The smallest absolute Gasteiger partial charge is 0.348 e. The summed E-state index contributed by atoms with van der Waals surface area (Å²) in [5, 5.41) is 0. The number of hydrogen-bond donors (Lipinski definition) is 0. The van der Waals surface area contributed by atoms with Gasteiger partial charge in [0.2, 0.25) is 0 Å². The molecule has 58 valence electrons. The van der Waals surface area contributed by atoms with Gasteiger partial charge in [0.1, 0.15) is 6.21 Å². The first-order valence-electron chi connectivity index (χ1n) is 3.36. The summed E-state index contributed by atoms with van der Waals surface area (Å²) < 4.78 is 4.60. The van der Waals surface area contributed by atoms with Crippen LogP contribution in [0, 0.1) is 0 Å². The van der Waals surface area contributed by atoms with Crippen molar-refractivity contribution in [2.75, 3.05) is 6.61 Å². The minimum absolute atomic E-state index is 0.157. The number of hydrogen-bond acceptors (Lipinski definition) is 3. The van der Waals surface area contributed by atoms with E-state index in [1.54, 1.807) is 6.92 Å². The maximum absolute atomic E-state index is 10.6. The van der Waals surface area contributed by atoms with Crippen molar-refractivity contribution < 1.29 is 9.53 Å². The van der Waals surface area contributed by atoms with Gasteiger partial charge in [-0.05, 0) is 20.8 Å². The molecule has 0 N–H and O–H groups in total. The lowest BCUT2D eigenvalue weighted by Crippen LogP contribution is -2.06. The second-order valence-corrected chi connectivity index (χ2v) is 2.12. The molecule has 0 saturated heterocycles. The van der Waals surface area contributed by atoms with Crippen LogP contribution in [0.3, 0.4) is 0 Å². The molecule has 10 heavy (non-hydrogen) atoms. The number of carbonyl (C=O) groups is 1. The highest BCUT2D eigenvalue weighted by Gasteiger charge is 1.93. The first-order chi connectivity index (χ1) is 4.66. The fourth-order valence-corrected chi connectivity index (χ4v) is 0.389. The number of carbonyl (C=O) groups excluding carboxylic acids is 1. The Labute approximate surface area is 61.1 Å². The van der Waals surface area contributed by atoms with Crippen molar-refractivity contribution in [3.05, 3.63) is 0 Å². The molecule has 0 atom stereocenters. The minimum Gasteiger partial charge on any atom is -0.462 e. The van der Waals surface area contributed by atoms with Gasteiger partial charge in [0.25, 0.3) is 0 Å². The van der Waals surface area contributed by atoms with Gasteiger partial charge in [-0.3, -0.25) is 4.99 Å². The first-order valence-corrected chi connectivity index (χ1v) is 3.36. The third-order valence-corrected chi connectivity index (χ3v) is 0.765. The monoisotopic (exact) mass is 143 g/mol. The third-order valence-electron chi connectivity index (χ3n) is 0.765. The van der Waals surface area contributed by atoms with Gasteiger partial charge in [-0.2, -0.15) is 0 Å². The lowest BCUT2D eigenvalue weighted by Gasteiger charge is -1.95. The van der Waals surface area contributed by atoms with Crippen molar-refractivity contribution in [1.29, 1.82) is 0 Å². The summed E-state index contributed by atoms with van der Waals surface area (Å²) in [5.74, 6) is -0.365. The average molecular weight is 143 g/mol. The molecular formula is C7H13NO2. The van der Waals surface area contributed by atoms with Crippen molar-refractivity contribution in [2.45, 2.75) is 26.8 Å². The summed E-state index contributed by atoms with van der Waals surface area (Å²) in [7, 11) is 0. The molecule has 0 bridgehead atoms. The standard InChI is InChI=1S/C7H13NO2/c1-4-10-7(9)5-8-6(2)3/h5-6H,4H2,1-3H3/b8-5+. The van der Waals surface area contributed by atoms with Gasteiger partial charge in [-0.1, -0.05) is 0 Å². The molecule has 0 saturated carbocycles. The largest absolute Gasteiger partial charge is 0.462 e. The summed E-state index contributed by atoms with van der Waals surface area (Å²) in [6.45, 7) is 5.97. The molecule has 0 aliphatic rings. The van der Waals surface area contributed by atoms with Crippen LogP contribution in [0.5, 0.6) is 0 Å². The molecule has 0 amide bonds. The van der Waals surface area contributed by atoms with Crippen molar-refractivity contribution in [3.63, 3.8) is 0 Å². The zero-order chi connectivity index (χ0) is 7.98. The normalized spacial score (nSPS) is 10.8. The molecule has 0 aliphatic heterocycles. The first kappa shape index (κ1) is 9.14. The van der Waals surface area contributed by atoms with Crippen molar-refractivity contribution in [3.8, 4) is 0 Å². The topological polar surface area (TPSA) is 38.7 Å². The molecule has 0 aromatic rings. The molecule has 0 unspecified atom stereocenters. The van der Waals surface area contributed by atoms with Gasteiger partial charge in [0, 0.05) is 6.04 Å². The van der Waals surface area contributed by atoms with Crippen LogP contribution in [0.2, 0.25) is 0 Å². The summed E-state index contributed by atoms with van der Waals surface area (Å²) in [4.78, 5) is 14.4. The highest BCUT2D eigenvalue weighted by molar-refractivity contribution is 6.23. The highest BCUT2D eigenvalue weighted by Crippen LogP contribution is 1.83. The van der Waals surface area contributed by atoms with E-state index in [2.05, 4.69) is 9.73 Å². The van der Waals surface area contributed by atoms with E-state index in [4.69, 9.17) is 0 Å². The Morgan fingerprint density at radius 3 is 2.70 bits per heavy atom. The van der Waals surface area contributed by atoms with Crippen LogP contribution < -0.4 is 0 Å². The highest BCUT2D eigenvalue weighted by atomic mass is 16.5. The number of aliphatic imine (C=N–C) groups is 1. The number of esters is 1. The number of nitrogens with zero attached hydrogens (tertiary/aromatic N) is 1. The molecule has 0 radical (unpaired) electrons. The van der Waals surface area contributed by atoms with E-state index in [9.17, 15) is 4.79 Å². The van der Waals surface area contributed by atoms with Crippen LogP contribution >= 0.6 is 0 Å². The van der Waals surface area contributed by atoms with Gasteiger partial charge in [0.05, 0.1) is 6.61 Å². The Morgan fingerprint density at radius 1 is 1.70 bits per heavy atom. The second-order valence-electron chi connectivity index (χ2n) is 2.12. The number of ether oxygens (including phenoxy) is 1. The molecule has 0 aromatic heterocycles. The predicted molar refractivity (Wildman–Crippen MR) is 40.3 cm³/mol. The Morgan fingerprint density at radius 2 is 2.30 bits per heavy atom. The Hall–Kier alpha value is -0.860. The lowest BCUT2D eigenvalue weighted by atomic mass is 10.4. The van der Waals surface area contributed by atoms with E-state index >= 15 is 0 Å². The van der Waals surface area contributed by atoms with Crippen LogP contribution in [-0.2, 0) is 9.53 Å². The van der Waals surface area contributed by atoms with E-state index in [1.807, 2.05) is 13.8 Å². The summed E-state index contributed by atoms with van der Waals surface area (Å²) in [5.41, 5.74) is 0. The van der Waals surface area contributed by atoms with Gasteiger partial charge >= 0.3 is 5.97 Å². The Kier molecular flexibility index (Phi) is 4.54. The maximum Gasteiger partial charge on any atom is 0.348 e. The molecule has 0 fully saturated rings. The van der Waals surface area contributed by atoms with E-state index < -0.39 is 0 Å². The summed E-state index contributed by atoms with van der Waals surface area (Å²) in [6.07, 6.45) is 1.22.